The number of ketones is 1. The van der Waals surface area contributed by atoms with Crippen LogP contribution in [0.1, 0.15) is 29.8 Å². The van der Waals surface area contributed by atoms with Crippen molar-refractivity contribution in [1.82, 2.24) is 14.8 Å². The van der Waals surface area contributed by atoms with Crippen LogP contribution in [0.15, 0.2) is 53.7 Å². The summed E-state index contributed by atoms with van der Waals surface area (Å²) in [5.41, 5.74) is 3.34. The SMILES string of the molecule is CC(=O)c1ccc(NC(=O)C(C)Sc2nnc(N3CCOCC3)n2-c2cccc(C)c2)cc1. The highest BCUT2D eigenvalue weighted by Crippen LogP contribution is 2.30. The normalized spacial score (nSPS) is 14.7. The minimum Gasteiger partial charge on any atom is -0.378 e. The van der Waals surface area contributed by atoms with Crippen LogP contribution in [0.2, 0.25) is 0 Å². The number of carbonyl (C=O) groups is 2. The van der Waals surface area contributed by atoms with E-state index in [0.29, 0.717) is 29.6 Å². The number of carbonyl (C=O) groups excluding carboxylic acids is 2. The van der Waals surface area contributed by atoms with Crippen LogP contribution in [0, 0.1) is 6.92 Å². The Morgan fingerprint density at radius 1 is 1.09 bits per heavy atom. The van der Waals surface area contributed by atoms with Crippen molar-refractivity contribution in [2.75, 3.05) is 36.5 Å². The number of rotatable bonds is 7. The second-order valence-corrected chi connectivity index (χ2v) is 9.25. The van der Waals surface area contributed by atoms with Crippen molar-refractivity contribution in [3.63, 3.8) is 0 Å². The molecule has 0 radical (unpaired) electrons. The molecule has 1 aromatic heterocycles. The Hall–Kier alpha value is -3.17. The summed E-state index contributed by atoms with van der Waals surface area (Å²) >= 11 is 1.36. The van der Waals surface area contributed by atoms with E-state index in [4.69, 9.17) is 4.74 Å². The van der Waals surface area contributed by atoms with Crippen LogP contribution < -0.4 is 10.2 Å². The second-order valence-electron chi connectivity index (χ2n) is 7.94. The minimum atomic E-state index is -0.414. The van der Waals surface area contributed by atoms with E-state index in [9.17, 15) is 9.59 Å². The molecule has 0 spiro atoms. The maximum Gasteiger partial charge on any atom is 0.237 e. The molecule has 9 heteroatoms. The first kappa shape index (κ1) is 23.0. The fraction of sp³-hybridized carbons (Fsp3) is 0.333. The molecule has 1 aliphatic heterocycles. The molecular weight excluding hydrogens is 438 g/mol. The lowest BCUT2D eigenvalue weighted by molar-refractivity contribution is -0.115. The summed E-state index contributed by atoms with van der Waals surface area (Å²) in [6, 6.07) is 15.0. The first-order chi connectivity index (χ1) is 15.9. The van der Waals surface area contributed by atoms with Crippen LogP contribution in [0.3, 0.4) is 0 Å². The molecule has 1 aliphatic rings. The average molecular weight is 466 g/mol. The van der Waals surface area contributed by atoms with Gasteiger partial charge in [-0.05, 0) is 62.7 Å². The molecule has 172 valence electrons. The van der Waals surface area contributed by atoms with Crippen molar-refractivity contribution >= 4 is 35.1 Å². The summed E-state index contributed by atoms with van der Waals surface area (Å²) in [4.78, 5) is 26.5. The molecule has 0 saturated carbocycles. The molecule has 2 heterocycles. The number of anilines is 2. The third-order valence-electron chi connectivity index (χ3n) is 5.38. The van der Waals surface area contributed by atoms with Crippen LogP contribution >= 0.6 is 11.8 Å². The van der Waals surface area contributed by atoms with E-state index < -0.39 is 5.25 Å². The molecular formula is C24H27N5O3S. The first-order valence-electron chi connectivity index (χ1n) is 10.9. The van der Waals surface area contributed by atoms with Gasteiger partial charge in [0.2, 0.25) is 11.9 Å². The molecule has 8 nitrogen and oxygen atoms in total. The van der Waals surface area contributed by atoms with Gasteiger partial charge < -0.3 is 15.0 Å². The van der Waals surface area contributed by atoms with Crippen molar-refractivity contribution in [3.8, 4) is 5.69 Å². The molecule has 1 saturated heterocycles. The zero-order chi connectivity index (χ0) is 23.4. The molecule has 1 fully saturated rings. The summed E-state index contributed by atoms with van der Waals surface area (Å²) in [6.07, 6.45) is 0. The summed E-state index contributed by atoms with van der Waals surface area (Å²) in [5.74, 6) is 0.587. The molecule has 1 atom stereocenters. The molecule has 1 N–H and O–H groups in total. The Labute approximate surface area is 197 Å². The van der Waals surface area contributed by atoms with Crippen molar-refractivity contribution in [1.29, 1.82) is 0 Å². The predicted octanol–water partition coefficient (Wildman–Crippen LogP) is 3.73. The van der Waals surface area contributed by atoms with Crippen molar-refractivity contribution in [2.45, 2.75) is 31.2 Å². The molecule has 1 unspecified atom stereocenters. The Balaban J connectivity index is 1.55. The molecule has 3 aromatic rings. The largest absolute Gasteiger partial charge is 0.378 e. The van der Waals surface area contributed by atoms with Gasteiger partial charge in [0.25, 0.3) is 0 Å². The smallest absolute Gasteiger partial charge is 0.237 e. The standard InChI is InChI=1S/C24H27N5O3S/c1-16-5-4-6-21(15-16)29-23(28-11-13-32-14-12-28)26-27-24(29)33-18(3)22(31)25-20-9-7-19(8-10-20)17(2)30/h4-10,15,18H,11-14H2,1-3H3,(H,25,31). The average Bonchev–Trinajstić information content (AvgIpc) is 3.23. The van der Waals surface area contributed by atoms with Gasteiger partial charge in [-0.25, -0.2) is 0 Å². The van der Waals surface area contributed by atoms with Gasteiger partial charge in [-0.2, -0.15) is 0 Å². The highest BCUT2D eigenvalue weighted by Gasteiger charge is 2.25. The molecule has 2 aromatic carbocycles. The summed E-state index contributed by atoms with van der Waals surface area (Å²) in [6.45, 7) is 8.16. The van der Waals surface area contributed by atoms with Gasteiger partial charge in [-0.1, -0.05) is 23.9 Å². The topological polar surface area (TPSA) is 89.3 Å². The summed E-state index contributed by atoms with van der Waals surface area (Å²) < 4.78 is 7.50. The number of Topliss-reactive ketones (excluding diaryl/α,β-unsaturated/α-hetero) is 1. The highest BCUT2D eigenvalue weighted by molar-refractivity contribution is 8.00. The van der Waals surface area contributed by atoms with Crippen molar-refractivity contribution < 1.29 is 14.3 Å². The summed E-state index contributed by atoms with van der Waals surface area (Å²) in [5, 5.41) is 12.0. The van der Waals surface area contributed by atoms with E-state index in [1.807, 2.05) is 36.6 Å². The number of ether oxygens (including phenoxy) is 1. The van der Waals surface area contributed by atoms with E-state index >= 15 is 0 Å². The Bertz CT molecular complexity index is 1140. The number of benzene rings is 2. The highest BCUT2D eigenvalue weighted by atomic mass is 32.2. The lowest BCUT2D eigenvalue weighted by Crippen LogP contribution is -2.38. The van der Waals surface area contributed by atoms with Crippen LogP contribution in [0.4, 0.5) is 11.6 Å². The van der Waals surface area contributed by atoms with E-state index in [-0.39, 0.29) is 11.7 Å². The maximum atomic E-state index is 12.9. The zero-order valence-electron chi connectivity index (χ0n) is 18.9. The maximum absolute atomic E-state index is 12.9. The number of thioether (sulfide) groups is 1. The number of nitrogens with zero attached hydrogens (tertiary/aromatic N) is 4. The number of hydrogen-bond donors (Lipinski definition) is 1. The molecule has 0 aliphatic carbocycles. The minimum absolute atomic E-state index is 0.0108. The molecule has 4 rings (SSSR count). The first-order valence-corrected chi connectivity index (χ1v) is 11.7. The molecule has 1 amide bonds. The van der Waals surface area contributed by atoms with Crippen LogP contribution in [-0.2, 0) is 9.53 Å². The fourth-order valence-electron chi connectivity index (χ4n) is 3.54. The van der Waals surface area contributed by atoms with Crippen LogP contribution in [0.5, 0.6) is 0 Å². The van der Waals surface area contributed by atoms with E-state index in [0.717, 1.165) is 30.3 Å². The van der Waals surface area contributed by atoms with Gasteiger partial charge in [0.05, 0.1) is 24.2 Å². The van der Waals surface area contributed by atoms with Gasteiger partial charge in [0.15, 0.2) is 10.9 Å². The number of hydrogen-bond acceptors (Lipinski definition) is 7. The lowest BCUT2D eigenvalue weighted by atomic mass is 10.1. The third-order valence-corrected chi connectivity index (χ3v) is 6.42. The second kappa shape index (κ2) is 10.2. The Morgan fingerprint density at radius 2 is 1.82 bits per heavy atom. The Kier molecular flexibility index (Phi) is 7.10. The van der Waals surface area contributed by atoms with E-state index in [2.05, 4.69) is 26.5 Å². The van der Waals surface area contributed by atoms with Crippen molar-refractivity contribution in [2.24, 2.45) is 0 Å². The number of aromatic nitrogens is 3. The molecule has 0 bridgehead atoms. The lowest BCUT2D eigenvalue weighted by Gasteiger charge is -2.28. The zero-order valence-corrected chi connectivity index (χ0v) is 19.8. The van der Waals surface area contributed by atoms with Gasteiger partial charge in [-0.15, -0.1) is 10.2 Å². The van der Waals surface area contributed by atoms with Crippen LogP contribution in [-0.4, -0.2) is 58.0 Å². The number of aryl methyl sites for hydroxylation is 1. The van der Waals surface area contributed by atoms with E-state index in [1.165, 1.54) is 18.7 Å². The van der Waals surface area contributed by atoms with Gasteiger partial charge in [0.1, 0.15) is 0 Å². The van der Waals surface area contributed by atoms with E-state index in [1.54, 1.807) is 24.3 Å². The van der Waals surface area contributed by atoms with Gasteiger partial charge in [0, 0.05) is 24.3 Å². The van der Waals surface area contributed by atoms with Crippen LogP contribution in [0.25, 0.3) is 5.69 Å². The third kappa shape index (κ3) is 5.43. The number of nitrogens with one attached hydrogen (secondary N) is 1. The monoisotopic (exact) mass is 465 g/mol. The van der Waals surface area contributed by atoms with Gasteiger partial charge >= 0.3 is 0 Å². The molecule has 33 heavy (non-hydrogen) atoms. The predicted molar refractivity (Wildman–Crippen MR) is 130 cm³/mol. The van der Waals surface area contributed by atoms with Gasteiger partial charge in [-0.3, -0.25) is 14.2 Å². The number of morpholine rings is 1. The fourth-order valence-corrected chi connectivity index (χ4v) is 4.41. The quantitative estimate of drug-likeness (QED) is 0.420. The van der Waals surface area contributed by atoms with Crippen molar-refractivity contribution in [3.05, 3.63) is 59.7 Å². The number of amides is 1. The Morgan fingerprint density at radius 3 is 2.48 bits per heavy atom. The summed E-state index contributed by atoms with van der Waals surface area (Å²) in [7, 11) is 0.